The summed E-state index contributed by atoms with van der Waals surface area (Å²) in [5.74, 6) is -0.0664. The summed E-state index contributed by atoms with van der Waals surface area (Å²) < 4.78 is 5.47. The highest BCUT2D eigenvalue weighted by Gasteiger charge is 2.18. The van der Waals surface area contributed by atoms with Gasteiger partial charge in [0, 0.05) is 12.8 Å². The average Bonchev–Trinajstić information content (AvgIpc) is 3.36. The number of hydrogen-bond donors (Lipinski definition) is 3. The molecule has 0 aliphatic heterocycles. The summed E-state index contributed by atoms with van der Waals surface area (Å²) in [5.41, 5.74) is 0. The van der Waals surface area contributed by atoms with Crippen molar-refractivity contribution < 1.29 is 24.5 Å². The lowest BCUT2D eigenvalue weighted by Crippen LogP contribution is -2.45. The third-order valence-corrected chi connectivity index (χ3v) is 14.7. The van der Waals surface area contributed by atoms with E-state index in [1.54, 1.807) is 6.08 Å². The van der Waals surface area contributed by atoms with Crippen molar-refractivity contribution in [2.75, 3.05) is 13.2 Å². The predicted molar refractivity (Wildman–Crippen MR) is 306 cm³/mol. The van der Waals surface area contributed by atoms with Gasteiger partial charge in [0.05, 0.1) is 25.4 Å². The van der Waals surface area contributed by atoms with Gasteiger partial charge in [-0.1, -0.05) is 301 Å². The van der Waals surface area contributed by atoms with Gasteiger partial charge >= 0.3 is 5.97 Å². The molecule has 3 N–H and O–H groups in total. The molecule has 0 heterocycles. The number of amides is 1. The average molecular weight is 987 g/mol. The zero-order chi connectivity index (χ0) is 50.7. The maximum absolute atomic E-state index is 12.5. The van der Waals surface area contributed by atoms with Crippen LogP contribution >= 0.6 is 0 Å². The summed E-state index contributed by atoms with van der Waals surface area (Å²) in [6.07, 6.45) is 73.6. The van der Waals surface area contributed by atoms with Crippen LogP contribution in [0.2, 0.25) is 0 Å². The molecule has 2 atom stereocenters. The minimum Gasteiger partial charge on any atom is -0.466 e. The Morgan fingerprint density at radius 1 is 0.386 bits per heavy atom. The van der Waals surface area contributed by atoms with Crippen LogP contribution in [0.4, 0.5) is 0 Å². The third kappa shape index (κ3) is 55.7. The van der Waals surface area contributed by atoms with Crippen LogP contribution in [0.5, 0.6) is 0 Å². The Kier molecular flexibility index (Phi) is 58.5. The zero-order valence-corrected chi connectivity index (χ0v) is 47.3. The van der Waals surface area contributed by atoms with E-state index in [0.717, 1.165) is 44.9 Å². The molecule has 1 amide bonds. The highest BCUT2D eigenvalue weighted by atomic mass is 16.5. The third-order valence-electron chi connectivity index (χ3n) is 14.7. The number of aliphatic hydroxyl groups excluding tert-OH is 2. The molecule has 2 unspecified atom stereocenters. The molecule has 70 heavy (non-hydrogen) atoms. The fraction of sp³-hybridized carbons (Fsp3) is 0.906. The second kappa shape index (κ2) is 59.9. The van der Waals surface area contributed by atoms with Crippen molar-refractivity contribution >= 4 is 11.9 Å². The van der Waals surface area contributed by atoms with Gasteiger partial charge in [0.15, 0.2) is 0 Å². The summed E-state index contributed by atoms with van der Waals surface area (Å²) in [7, 11) is 0. The lowest BCUT2D eigenvalue weighted by Gasteiger charge is -2.20. The molecule has 6 nitrogen and oxygen atoms in total. The number of unbranched alkanes of at least 4 members (excludes halogenated alkanes) is 46. The van der Waals surface area contributed by atoms with Crippen molar-refractivity contribution in [1.82, 2.24) is 5.32 Å². The van der Waals surface area contributed by atoms with Crippen LogP contribution in [0.15, 0.2) is 24.3 Å². The first-order valence-electron chi connectivity index (χ1n) is 31.6. The Morgan fingerprint density at radius 2 is 0.671 bits per heavy atom. The quantitative estimate of drug-likeness (QED) is 0.0321. The number of allylic oxidation sites excluding steroid dienone is 3. The van der Waals surface area contributed by atoms with Gasteiger partial charge in [-0.3, -0.25) is 9.59 Å². The van der Waals surface area contributed by atoms with Gasteiger partial charge in [-0.2, -0.15) is 0 Å². The molecular weight excluding hydrogens is 863 g/mol. The molecule has 414 valence electrons. The van der Waals surface area contributed by atoms with Crippen molar-refractivity contribution in [3.05, 3.63) is 24.3 Å². The number of hydrogen-bond acceptors (Lipinski definition) is 5. The van der Waals surface area contributed by atoms with Crippen molar-refractivity contribution in [2.45, 2.75) is 360 Å². The number of ether oxygens (including phenoxy) is 1. The predicted octanol–water partition coefficient (Wildman–Crippen LogP) is 19.8. The lowest BCUT2D eigenvalue weighted by atomic mass is 10.0. The molecule has 6 heteroatoms. The fourth-order valence-electron chi connectivity index (χ4n) is 9.87. The van der Waals surface area contributed by atoms with E-state index in [1.165, 1.54) is 276 Å². The van der Waals surface area contributed by atoms with Gasteiger partial charge in [-0.25, -0.2) is 0 Å². The first-order valence-corrected chi connectivity index (χ1v) is 31.6. The molecule has 0 rings (SSSR count). The van der Waals surface area contributed by atoms with Crippen LogP contribution in [-0.2, 0) is 14.3 Å². The van der Waals surface area contributed by atoms with Crippen LogP contribution < -0.4 is 5.32 Å². The van der Waals surface area contributed by atoms with E-state index in [4.69, 9.17) is 4.74 Å². The summed E-state index contributed by atoms with van der Waals surface area (Å²) in [6, 6.07) is -0.630. The number of nitrogens with one attached hydrogen (secondary N) is 1. The van der Waals surface area contributed by atoms with Crippen molar-refractivity contribution in [1.29, 1.82) is 0 Å². The zero-order valence-electron chi connectivity index (χ0n) is 47.3. The van der Waals surface area contributed by atoms with E-state index in [0.29, 0.717) is 19.4 Å². The molecule has 0 spiro atoms. The van der Waals surface area contributed by atoms with Gasteiger partial charge in [-0.05, 0) is 57.8 Å². The second-order valence-corrected chi connectivity index (χ2v) is 21.7. The molecule has 0 saturated heterocycles. The summed E-state index contributed by atoms with van der Waals surface area (Å²) >= 11 is 0. The Labute approximate surface area is 437 Å². The SMILES string of the molecule is CCCCC/C=C\CCCCCCCC(=O)OCCCCCCCCCCCCCCCCCCCCCCC(=O)NC(CO)C(O)/C=C/CCCCCCCCCCCCCCCCCCCCC. The minimum absolute atomic E-state index is 0.000302. The van der Waals surface area contributed by atoms with Gasteiger partial charge in [0.1, 0.15) is 0 Å². The van der Waals surface area contributed by atoms with Crippen molar-refractivity contribution in [3.63, 3.8) is 0 Å². The van der Waals surface area contributed by atoms with Gasteiger partial charge in [-0.15, -0.1) is 0 Å². The topological polar surface area (TPSA) is 95.9 Å². The highest BCUT2D eigenvalue weighted by molar-refractivity contribution is 5.76. The first-order chi connectivity index (χ1) is 34.5. The van der Waals surface area contributed by atoms with E-state index in [1.807, 2.05) is 6.08 Å². The van der Waals surface area contributed by atoms with E-state index < -0.39 is 12.1 Å². The van der Waals surface area contributed by atoms with Gasteiger partial charge in [0.2, 0.25) is 5.91 Å². The summed E-state index contributed by atoms with van der Waals surface area (Å²) in [6.45, 7) is 4.90. The van der Waals surface area contributed by atoms with E-state index in [9.17, 15) is 19.8 Å². The van der Waals surface area contributed by atoms with Crippen LogP contribution in [0.25, 0.3) is 0 Å². The summed E-state index contributed by atoms with van der Waals surface area (Å²) in [4.78, 5) is 24.5. The Morgan fingerprint density at radius 3 is 1.04 bits per heavy atom. The Hall–Kier alpha value is -1.66. The number of esters is 1. The molecule has 0 aromatic heterocycles. The molecule has 0 fully saturated rings. The van der Waals surface area contributed by atoms with E-state index in [-0.39, 0.29) is 18.5 Å². The molecule has 0 radical (unpaired) electrons. The van der Waals surface area contributed by atoms with Crippen LogP contribution in [0.3, 0.4) is 0 Å². The van der Waals surface area contributed by atoms with Crippen LogP contribution in [0, 0.1) is 0 Å². The highest BCUT2D eigenvalue weighted by Crippen LogP contribution is 2.18. The number of aliphatic hydroxyl groups is 2. The normalized spacial score (nSPS) is 12.7. The van der Waals surface area contributed by atoms with E-state index in [2.05, 4.69) is 31.3 Å². The smallest absolute Gasteiger partial charge is 0.305 e. The molecule has 0 aliphatic carbocycles. The second-order valence-electron chi connectivity index (χ2n) is 21.7. The number of carbonyl (C=O) groups excluding carboxylic acids is 2. The molecule has 0 aliphatic rings. The molecule has 0 saturated carbocycles. The largest absolute Gasteiger partial charge is 0.466 e. The van der Waals surface area contributed by atoms with Crippen molar-refractivity contribution in [3.8, 4) is 0 Å². The summed E-state index contributed by atoms with van der Waals surface area (Å²) in [5, 5.41) is 23.2. The number of carbonyl (C=O) groups is 2. The van der Waals surface area contributed by atoms with Crippen LogP contribution in [-0.4, -0.2) is 47.4 Å². The van der Waals surface area contributed by atoms with Crippen LogP contribution in [0.1, 0.15) is 348 Å². The maximum atomic E-state index is 12.5. The van der Waals surface area contributed by atoms with E-state index >= 15 is 0 Å². The maximum Gasteiger partial charge on any atom is 0.305 e. The molecule has 0 bridgehead atoms. The van der Waals surface area contributed by atoms with Crippen molar-refractivity contribution in [2.24, 2.45) is 0 Å². The Balaban J connectivity index is 3.43. The Bertz CT molecular complexity index is 1090. The molecule has 0 aromatic carbocycles. The monoisotopic (exact) mass is 986 g/mol. The minimum atomic E-state index is -0.846. The standard InChI is InChI=1S/C64H123NO5/c1-3-5-7-9-11-13-15-17-18-19-20-21-24-27-30-33-36-40-44-48-52-56-62(67)61(60-66)65-63(68)57-53-49-45-41-37-34-31-28-25-22-23-26-29-32-35-39-43-47-51-55-59-70-64(69)58-54-50-46-42-38-16-14-12-10-8-6-4-2/h12,14,52,56,61-62,66-67H,3-11,13,15-51,53-55,57-60H2,1-2H3,(H,65,68)/b14-12-,56-52+. The number of rotatable bonds is 59. The van der Waals surface area contributed by atoms with Gasteiger partial charge in [0.25, 0.3) is 0 Å². The molecular formula is C64H123NO5. The van der Waals surface area contributed by atoms with Gasteiger partial charge < -0.3 is 20.3 Å². The fourth-order valence-corrected chi connectivity index (χ4v) is 9.87. The molecule has 0 aromatic rings. The first kappa shape index (κ1) is 68.3. The lowest BCUT2D eigenvalue weighted by molar-refractivity contribution is -0.143.